The summed E-state index contributed by atoms with van der Waals surface area (Å²) >= 11 is 0. The Morgan fingerprint density at radius 2 is 1.91 bits per heavy atom. The van der Waals surface area contributed by atoms with E-state index in [0.717, 1.165) is 5.75 Å². The lowest BCUT2D eigenvalue weighted by Crippen LogP contribution is -2.07. The Morgan fingerprint density at radius 3 is 2.61 bits per heavy atom. The molecular weight excluding hydrogens is 298 g/mol. The number of carbonyl (C=O) groups excluding carboxylic acids is 1. The van der Waals surface area contributed by atoms with Crippen molar-refractivity contribution in [2.24, 2.45) is 0 Å². The van der Waals surface area contributed by atoms with Crippen molar-refractivity contribution in [3.05, 3.63) is 30.2 Å². The lowest BCUT2D eigenvalue weighted by atomic mass is 10.2. The van der Waals surface area contributed by atoms with Crippen molar-refractivity contribution in [3.63, 3.8) is 0 Å². The lowest BCUT2D eigenvalue weighted by Gasteiger charge is -2.10. The van der Waals surface area contributed by atoms with E-state index in [1.54, 1.807) is 13.0 Å². The van der Waals surface area contributed by atoms with Gasteiger partial charge in [-0.15, -0.1) is 0 Å². The third-order valence-electron chi connectivity index (χ3n) is 2.98. The normalized spacial score (nSPS) is 10.4. The number of nitrogens with zero attached hydrogens (tertiary/aromatic N) is 1. The van der Waals surface area contributed by atoms with E-state index in [-0.39, 0.29) is 12.4 Å². The van der Waals surface area contributed by atoms with Crippen LogP contribution in [0.5, 0.6) is 11.5 Å². The van der Waals surface area contributed by atoms with Crippen molar-refractivity contribution in [2.75, 3.05) is 19.8 Å². The maximum atomic E-state index is 11.5. The van der Waals surface area contributed by atoms with Crippen LogP contribution < -0.4 is 9.47 Å². The molecule has 0 aliphatic rings. The standard InChI is InChI=1S/C17H21NO5/c1-4-20-13-7-8-14(15(10-13)21-5-2)17-18-12(11-23-17)9-16(19)22-6-3/h7-8,10-11H,4-6,9H2,1-3H3. The van der Waals surface area contributed by atoms with E-state index in [4.69, 9.17) is 18.6 Å². The van der Waals surface area contributed by atoms with E-state index < -0.39 is 0 Å². The van der Waals surface area contributed by atoms with E-state index in [2.05, 4.69) is 4.98 Å². The number of esters is 1. The van der Waals surface area contributed by atoms with Gasteiger partial charge in [0.1, 0.15) is 17.8 Å². The van der Waals surface area contributed by atoms with Crippen LogP contribution in [0, 0.1) is 0 Å². The number of hydrogen-bond donors (Lipinski definition) is 0. The highest BCUT2D eigenvalue weighted by Crippen LogP contribution is 2.33. The Balaban J connectivity index is 2.23. The van der Waals surface area contributed by atoms with Crippen LogP contribution in [-0.2, 0) is 16.0 Å². The summed E-state index contributed by atoms with van der Waals surface area (Å²) in [4.78, 5) is 15.8. The summed E-state index contributed by atoms with van der Waals surface area (Å²) in [5.41, 5.74) is 1.24. The first kappa shape index (κ1) is 16.9. The van der Waals surface area contributed by atoms with Gasteiger partial charge in [0.2, 0.25) is 5.89 Å². The van der Waals surface area contributed by atoms with Crippen molar-refractivity contribution < 1.29 is 23.4 Å². The number of benzene rings is 1. The van der Waals surface area contributed by atoms with Crippen molar-refractivity contribution in [1.29, 1.82) is 0 Å². The summed E-state index contributed by atoms with van der Waals surface area (Å²) in [6.07, 6.45) is 1.54. The van der Waals surface area contributed by atoms with Gasteiger partial charge in [-0.25, -0.2) is 4.98 Å². The number of carbonyl (C=O) groups is 1. The summed E-state index contributed by atoms with van der Waals surface area (Å²) in [6, 6.07) is 5.46. The molecule has 0 N–H and O–H groups in total. The summed E-state index contributed by atoms with van der Waals surface area (Å²) in [6.45, 7) is 7.02. The molecule has 0 spiro atoms. The van der Waals surface area contributed by atoms with E-state index in [0.29, 0.717) is 42.7 Å². The molecule has 2 aromatic rings. The smallest absolute Gasteiger partial charge is 0.311 e. The number of hydrogen-bond acceptors (Lipinski definition) is 6. The van der Waals surface area contributed by atoms with E-state index >= 15 is 0 Å². The first-order chi connectivity index (χ1) is 11.2. The second-order valence-electron chi connectivity index (χ2n) is 4.65. The van der Waals surface area contributed by atoms with Gasteiger partial charge < -0.3 is 18.6 Å². The average Bonchev–Trinajstić information content (AvgIpc) is 2.96. The van der Waals surface area contributed by atoms with Gasteiger partial charge in [-0.2, -0.15) is 0 Å². The third kappa shape index (κ3) is 4.48. The van der Waals surface area contributed by atoms with Crippen LogP contribution >= 0.6 is 0 Å². The zero-order valence-electron chi connectivity index (χ0n) is 13.6. The van der Waals surface area contributed by atoms with Gasteiger partial charge in [0.15, 0.2) is 0 Å². The highest BCUT2D eigenvalue weighted by molar-refractivity contribution is 5.72. The second-order valence-corrected chi connectivity index (χ2v) is 4.65. The van der Waals surface area contributed by atoms with Crippen LogP contribution in [0.3, 0.4) is 0 Å². The molecule has 0 saturated carbocycles. The molecule has 6 nitrogen and oxygen atoms in total. The quantitative estimate of drug-likeness (QED) is 0.696. The number of ether oxygens (including phenoxy) is 3. The first-order valence-corrected chi connectivity index (χ1v) is 7.67. The number of rotatable bonds is 8. The lowest BCUT2D eigenvalue weighted by molar-refractivity contribution is -0.142. The van der Waals surface area contributed by atoms with E-state index in [9.17, 15) is 4.79 Å². The highest BCUT2D eigenvalue weighted by Gasteiger charge is 2.15. The van der Waals surface area contributed by atoms with Crippen LogP contribution in [0.2, 0.25) is 0 Å². The SMILES string of the molecule is CCOC(=O)Cc1coc(-c2ccc(OCC)cc2OCC)n1. The van der Waals surface area contributed by atoms with Gasteiger partial charge >= 0.3 is 5.97 Å². The van der Waals surface area contributed by atoms with Crippen molar-refractivity contribution in [2.45, 2.75) is 27.2 Å². The van der Waals surface area contributed by atoms with Crippen LogP contribution in [0.1, 0.15) is 26.5 Å². The Morgan fingerprint density at radius 1 is 1.13 bits per heavy atom. The molecule has 0 saturated heterocycles. The van der Waals surface area contributed by atoms with Crippen molar-refractivity contribution >= 4 is 5.97 Å². The summed E-state index contributed by atoms with van der Waals surface area (Å²) < 4.78 is 21.5. The van der Waals surface area contributed by atoms with Gasteiger partial charge in [0, 0.05) is 6.07 Å². The molecule has 23 heavy (non-hydrogen) atoms. The molecule has 0 atom stereocenters. The molecule has 0 amide bonds. The molecule has 1 aromatic heterocycles. The Kier molecular flexibility index (Phi) is 6.02. The van der Waals surface area contributed by atoms with E-state index in [1.165, 1.54) is 6.26 Å². The van der Waals surface area contributed by atoms with Crippen molar-refractivity contribution in [1.82, 2.24) is 4.98 Å². The summed E-state index contributed by atoms with van der Waals surface area (Å²) in [7, 11) is 0. The fourth-order valence-corrected chi connectivity index (χ4v) is 2.08. The zero-order chi connectivity index (χ0) is 16.7. The number of oxazole rings is 1. The molecular formula is C17H21NO5. The molecule has 1 heterocycles. The monoisotopic (exact) mass is 319 g/mol. The Hall–Kier alpha value is -2.50. The van der Waals surface area contributed by atoms with Crippen LogP contribution in [0.15, 0.2) is 28.9 Å². The highest BCUT2D eigenvalue weighted by atomic mass is 16.5. The topological polar surface area (TPSA) is 70.8 Å². The molecule has 0 unspecified atom stereocenters. The Bertz CT molecular complexity index is 650. The predicted molar refractivity (Wildman–Crippen MR) is 84.6 cm³/mol. The minimum absolute atomic E-state index is 0.0817. The third-order valence-corrected chi connectivity index (χ3v) is 2.98. The second kappa shape index (κ2) is 8.22. The molecule has 1 aromatic carbocycles. The molecule has 124 valence electrons. The molecule has 6 heteroatoms. The molecule has 0 radical (unpaired) electrons. The fourth-order valence-electron chi connectivity index (χ4n) is 2.08. The minimum Gasteiger partial charge on any atom is -0.494 e. The Labute approximate surface area is 135 Å². The van der Waals surface area contributed by atoms with E-state index in [1.807, 2.05) is 26.0 Å². The first-order valence-electron chi connectivity index (χ1n) is 7.67. The molecule has 0 aliphatic heterocycles. The summed E-state index contributed by atoms with van der Waals surface area (Å²) in [5.74, 6) is 1.42. The molecule has 0 fully saturated rings. The molecule has 0 bridgehead atoms. The summed E-state index contributed by atoms with van der Waals surface area (Å²) in [5, 5.41) is 0. The van der Waals surface area contributed by atoms with Gasteiger partial charge in [-0.1, -0.05) is 0 Å². The minimum atomic E-state index is -0.330. The van der Waals surface area contributed by atoms with Crippen LogP contribution in [0.25, 0.3) is 11.5 Å². The number of aromatic nitrogens is 1. The predicted octanol–water partition coefficient (Wildman–Crippen LogP) is 3.24. The zero-order valence-corrected chi connectivity index (χ0v) is 13.6. The fraction of sp³-hybridized carbons (Fsp3) is 0.412. The largest absolute Gasteiger partial charge is 0.494 e. The average molecular weight is 319 g/mol. The van der Waals surface area contributed by atoms with Gasteiger partial charge in [-0.05, 0) is 32.9 Å². The van der Waals surface area contributed by atoms with Gasteiger partial charge in [0.05, 0.1) is 37.5 Å². The van der Waals surface area contributed by atoms with Gasteiger partial charge in [-0.3, -0.25) is 4.79 Å². The van der Waals surface area contributed by atoms with Crippen LogP contribution in [-0.4, -0.2) is 30.8 Å². The molecule has 2 rings (SSSR count). The van der Waals surface area contributed by atoms with Crippen LogP contribution in [0.4, 0.5) is 0 Å². The maximum absolute atomic E-state index is 11.5. The van der Waals surface area contributed by atoms with Gasteiger partial charge in [0.25, 0.3) is 0 Å². The van der Waals surface area contributed by atoms with Crippen molar-refractivity contribution in [3.8, 4) is 23.0 Å². The molecule has 0 aliphatic carbocycles. The maximum Gasteiger partial charge on any atom is 0.311 e.